The average molecular weight is 409 g/mol. The van der Waals surface area contributed by atoms with Gasteiger partial charge in [0.1, 0.15) is 5.69 Å². The van der Waals surface area contributed by atoms with Gasteiger partial charge in [0, 0.05) is 29.8 Å². The lowest BCUT2D eigenvalue weighted by Gasteiger charge is -2.17. The van der Waals surface area contributed by atoms with Crippen molar-refractivity contribution in [1.29, 1.82) is 0 Å². The number of ketones is 1. The van der Waals surface area contributed by atoms with Crippen LogP contribution in [0.5, 0.6) is 0 Å². The van der Waals surface area contributed by atoms with Crippen molar-refractivity contribution in [2.24, 2.45) is 0 Å². The molecule has 9 nitrogen and oxygen atoms in total. The van der Waals surface area contributed by atoms with Crippen molar-refractivity contribution in [3.63, 3.8) is 0 Å². The minimum atomic E-state index is -0.811. The lowest BCUT2D eigenvalue weighted by molar-refractivity contribution is -0.384. The fraction of sp³-hybridized carbons (Fsp3) is 0.286. The van der Waals surface area contributed by atoms with Crippen LogP contribution in [0, 0.1) is 10.1 Å². The van der Waals surface area contributed by atoms with E-state index in [4.69, 9.17) is 4.74 Å². The Morgan fingerprint density at radius 1 is 1.13 bits per heavy atom. The number of hydrogen-bond donors (Lipinski definition) is 2. The molecule has 1 heterocycles. The number of nitrogens with one attached hydrogen (secondary N) is 2. The summed E-state index contributed by atoms with van der Waals surface area (Å²) in [7, 11) is 0. The Balaban J connectivity index is 1.41. The van der Waals surface area contributed by atoms with E-state index in [1.54, 1.807) is 18.2 Å². The first-order valence-corrected chi connectivity index (χ1v) is 9.59. The zero-order valence-electron chi connectivity index (χ0n) is 16.0. The van der Waals surface area contributed by atoms with Crippen LogP contribution in [0.15, 0.2) is 36.4 Å². The number of Topliss-reactive ketones (excluding diaryl/α,β-unsaturated/α-hetero) is 1. The summed E-state index contributed by atoms with van der Waals surface area (Å²) in [5.41, 5.74) is 2.04. The molecule has 154 valence electrons. The van der Waals surface area contributed by atoms with Gasteiger partial charge < -0.3 is 15.4 Å². The number of hydrogen-bond acceptors (Lipinski definition) is 7. The summed E-state index contributed by atoms with van der Waals surface area (Å²) in [6.07, 6.45) is 2.80. The molecule has 2 aromatic carbocycles. The Bertz CT molecular complexity index is 1060. The highest BCUT2D eigenvalue weighted by molar-refractivity contribution is 6.01. The maximum absolute atomic E-state index is 12.4. The number of carbonyl (C=O) groups excluding carboxylic acids is 3. The molecule has 0 spiro atoms. The van der Waals surface area contributed by atoms with Crippen LogP contribution in [0.1, 0.15) is 45.5 Å². The molecule has 1 aliphatic carbocycles. The molecule has 2 aliphatic rings. The summed E-state index contributed by atoms with van der Waals surface area (Å²) in [6.45, 7) is -0.486. The maximum Gasteiger partial charge on any atom is 0.338 e. The SMILES string of the molecule is O=C1CCc2cc(C(=O)COC(=O)c3ccc(NC4CC4)c([N+](=O)[O-])c3)ccc2N1. The van der Waals surface area contributed by atoms with E-state index >= 15 is 0 Å². The third-order valence-corrected chi connectivity index (χ3v) is 5.02. The Morgan fingerprint density at radius 3 is 2.63 bits per heavy atom. The second kappa shape index (κ2) is 7.94. The molecule has 2 N–H and O–H groups in total. The van der Waals surface area contributed by atoms with Crippen molar-refractivity contribution in [3.8, 4) is 0 Å². The number of anilines is 2. The van der Waals surface area contributed by atoms with Gasteiger partial charge in [0.2, 0.25) is 5.91 Å². The average Bonchev–Trinajstić information content (AvgIpc) is 3.55. The van der Waals surface area contributed by atoms with E-state index in [1.807, 2.05) is 0 Å². The van der Waals surface area contributed by atoms with Gasteiger partial charge in [-0.2, -0.15) is 0 Å². The molecule has 0 unspecified atom stereocenters. The summed E-state index contributed by atoms with van der Waals surface area (Å²) in [6, 6.07) is 9.18. The second-order valence-corrected chi connectivity index (χ2v) is 7.33. The van der Waals surface area contributed by atoms with Gasteiger partial charge in [-0.25, -0.2) is 4.79 Å². The largest absolute Gasteiger partial charge is 0.454 e. The van der Waals surface area contributed by atoms with Crippen molar-refractivity contribution in [2.75, 3.05) is 17.2 Å². The first-order chi connectivity index (χ1) is 14.4. The Morgan fingerprint density at radius 2 is 1.90 bits per heavy atom. The lowest BCUT2D eigenvalue weighted by atomic mass is 9.99. The molecule has 9 heteroatoms. The van der Waals surface area contributed by atoms with Crippen LogP contribution >= 0.6 is 0 Å². The molecule has 0 bridgehead atoms. The number of benzene rings is 2. The van der Waals surface area contributed by atoms with E-state index < -0.39 is 23.3 Å². The highest BCUT2D eigenvalue weighted by Crippen LogP contribution is 2.31. The van der Waals surface area contributed by atoms with Crippen molar-refractivity contribution in [2.45, 2.75) is 31.7 Å². The predicted octanol–water partition coefficient (Wildman–Crippen LogP) is 3.09. The number of nitrogens with zero attached hydrogens (tertiary/aromatic N) is 1. The van der Waals surface area contributed by atoms with Gasteiger partial charge >= 0.3 is 5.97 Å². The number of ether oxygens (including phenoxy) is 1. The normalized spacial score (nSPS) is 15.0. The Labute approximate surface area is 171 Å². The molecule has 0 radical (unpaired) electrons. The third-order valence-electron chi connectivity index (χ3n) is 5.02. The van der Waals surface area contributed by atoms with Crippen LogP contribution in [0.25, 0.3) is 0 Å². The van der Waals surface area contributed by atoms with E-state index in [0.29, 0.717) is 29.8 Å². The molecule has 1 saturated carbocycles. The first kappa shape index (κ1) is 19.6. The van der Waals surface area contributed by atoms with Crippen LogP contribution < -0.4 is 10.6 Å². The Kier molecular flexibility index (Phi) is 5.18. The number of aryl methyl sites for hydroxylation is 1. The molecule has 1 aliphatic heterocycles. The third kappa shape index (κ3) is 4.29. The van der Waals surface area contributed by atoms with Crippen molar-refractivity contribution in [1.82, 2.24) is 0 Å². The fourth-order valence-corrected chi connectivity index (χ4v) is 3.23. The summed E-state index contributed by atoms with van der Waals surface area (Å²) >= 11 is 0. The number of esters is 1. The quantitative estimate of drug-likeness (QED) is 0.311. The number of fused-ring (bicyclic) bond motifs is 1. The van der Waals surface area contributed by atoms with E-state index in [0.717, 1.165) is 24.5 Å². The molecule has 0 atom stereocenters. The molecular formula is C21H19N3O6. The fourth-order valence-electron chi connectivity index (χ4n) is 3.23. The van der Waals surface area contributed by atoms with Gasteiger partial charge in [-0.1, -0.05) is 0 Å². The predicted molar refractivity (Wildman–Crippen MR) is 108 cm³/mol. The minimum absolute atomic E-state index is 0.00370. The van der Waals surface area contributed by atoms with Gasteiger partial charge in [0.15, 0.2) is 12.4 Å². The lowest BCUT2D eigenvalue weighted by Crippen LogP contribution is -2.20. The first-order valence-electron chi connectivity index (χ1n) is 9.59. The van der Waals surface area contributed by atoms with Gasteiger partial charge in [-0.05, 0) is 55.2 Å². The number of nitro groups is 1. The Hall–Kier alpha value is -3.75. The smallest absolute Gasteiger partial charge is 0.338 e. The topological polar surface area (TPSA) is 128 Å². The summed E-state index contributed by atoms with van der Waals surface area (Å²) in [4.78, 5) is 46.9. The number of rotatable bonds is 7. The molecule has 1 fully saturated rings. The zero-order chi connectivity index (χ0) is 21.3. The van der Waals surface area contributed by atoms with Gasteiger partial charge in [-0.15, -0.1) is 0 Å². The van der Waals surface area contributed by atoms with E-state index in [-0.39, 0.29) is 23.2 Å². The van der Waals surface area contributed by atoms with E-state index in [2.05, 4.69) is 10.6 Å². The van der Waals surface area contributed by atoms with Gasteiger partial charge in [0.25, 0.3) is 5.69 Å². The second-order valence-electron chi connectivity index (χ2n) is 7.33. The van der Waals surface area contributed by atoms with Crippen molar-refractivity contribution in [3.05, 3.63) is 63.2 Å². The van der Waals surface area contributed by atoms with E-state index in [9.17, 15) is 24.5 Å². The number of carbonyl (C=O) groups is 3. The molecule has 30 heavy (non-hydrogen) atoms. The summed E-state index contributed by atoms with van der Waals surface area (Å²) < 4.78 is 5.07. The molecular weight excluding hydrogens is 390 g/mol. The van der Waals surface area contributed by atoms with Crippen LogP contribution in [0.3, 0.4) is 0 Å². The molecule has 0 aromatic heterocycles. The zero-order valence-corrected chi connectivity index (χ0v) is 16.0. The highest BCUT2D eigenvalue weighted by Gasteiger charge is 2.26. The van der Waals surface area contributed by atoms with E-state index in [1.165, 1.54) is 12.1 Å². The summed E-state index contributed by atoms with van der Waals surface area (Å²) in [5.74, 6) is -1.28. The van der Waals surface area contributed by atoms with Crippen LogP contribution in [-0.4, -0.2) is 35.2 Å². The molecule has 0 saturated heterocycles. The maximum atomic E-state index is 12.4. The van der Waals surface area contributed by atoms with Crippen molar-refractivity contribution >= 4 is 34.7 Å². The standard InChI is InChI=1S/C21H19N3O6/c25-19(13-1-6-16-12(9-13)3-8-20(26)23-16)11-30-21(27)14-2-7-17(22-15-4-5-15)18(10-14)24(28)29/h1-2,6-7,9-10,15,22H,3-5,8,11H2,(H,23,26). The number of amides is 1. The number of nitro benzene ring substituents is 1. The molecule has 1 amide bonds. The van der Waals surface area contributed by atoms with Crippen LogP contribution in [0.2, 0.25) is 0 Å². The van der Waals surface area contributed by atoms with Crippen molar-refractivity contribution < 1.29 is 24.0 Å². The highest BCUT2D eigenvalue weighted by atomic mass is 16.6. The van der Waals surface area contributed by atoms with Gasteiger partial charge in [-0.3, -0.25) is 19.7 Å². The van der Waals surface area contributed by atoms with Crippen LogP contribution in [0.4, 0.5) is 17.1 Å². The van der Waals surface area contributed by atoms with Crippen LogP contribution in [-0.2, 0) is 16.0 Å². The van der Waals surface area contributed by atoms with Gasteiger partial charge in [0.05, 0.1) is 10.5 Å². The monoisotopic (exact) mass is 409 g/mol. The molecule has 2 aromatic rings. The minimum Gasteiger partial charge on any atom is -0.454 e. The molecule has 4 rings (SSSR count). The summed E-state index contributed by atoms with van der Waals surface area (Å²) in [5, 5.41) is 17.1.